The molecule has 3 nitrogen and oxygen atoms in total. The fourth-order valence-electron chi connectivity index (χ4n) is 1.34. The highest BCUT2D eigenvalue weighted by Gasteiger charge is 2.03. The molecular weight excluding hydrogens is 287 g/mol. The third-order valence-corrected chi connectivity index (χ3v) is 2.51. The van der Waals surface area contributed by atoms with Crippen molar-refractivity contribution in [1.29, 1.82) is 0 Å². The van der Waals surface area contributed by atoms with E-state index in [9.17, 15) is 4.39 Å². The number of aromatic nitrogens is 1. The molecule has 88 valence electrons. The van der Waals surface area contributed by atoms with Crippen LogP contribution in [-0.2, 0) is 6.54 Å². The van der Waals surface area contributed by atoms with E-state index in [2.05, 4.69) is 20.9 Å². The maximum atomic E-state index is 13.1. The summed E-state index contributed by atoms with van der Waals surface area (Å²) in [5.41, 5.74) is 6.20. The van der Waals surface area contributed by atoms with Gasteiger partial charge in [-0.25, -0.2) is 9.37 Å². The predicted octanol–water partition coefficient (Wildman–Crippen LogP) is 3.23. The number of pyridine rings is 1. The Balaban J connectivity index is 2.24. The number of nitrogens with two attached hydrogens (primary N) is 1. The van der Waals surface area contributed by atoms with Crippen LogP contribution in [0.25, 0.3) is 0 Å². The highest BCUT2D eigenvalue weighted by atomic mass is 79.9. The predicted molar refractivity (Wildman–Crippen MR) is 66.3 cm³/mol. The second kappa shape index (κ2) is 5.25. The van der Waals surface area contributed by atoms with Crippen LogP contribution >= 0.6 is 15.9 Å². The van der Waals surface area contributed by atoms with Gasteiger partial charge in [0.05, 0.1) is 5.69 Å². The molecule has 1 aromatic heterocycles. The first kappa shape index (κ1) is 12.0. The summed E-state index contributed by atoms with van der Waals surface area (Å²) in [6.07, 6.45) is 0. The normalized spacial score (nSPS) is 10.3. The number of rotatable bonds is 3. The molecule has 0 saturated carbocycles. The Kier molecular flexibility index (Phi) is 3.71. The summed E-state index contributed by atoms with van der Waals surface area (Å²) in [6, 6.07) is 9.60. The first-order valence-electron chi connectivity index (χ1n) is 4.97. The van der Waals surface area contributed by atoms with Crippen molar-refractivity contribution in [3.8, 4) is 11.6 Å². The lowest BCUT2D eigenvalue weighted by Crippen LogP contribution is -2.00. The molecule has 0 radical (unpaired) electrons. The van der Waals surface area contributed by atoms with E-state index in [1.54, 1.807) is 24.3 Å². The van der Waals surface area contributed by atoms with Gasteiger partial charge in [0, 0.05) is 23.2 Å². The Morgan fingerprint density at radius 1 is 1.29 bits per heavy atom. The van der Waals surface area contributed by atoms with Gasteiger partial charge >= 0.3 is 0 Å². The topological polar surface area (TPSA) is 48.1 Å². The highest BCUT2D eigenvalue weighted by Crippen LogP contribution is 2.24. The molecule has 1 heterocycles. The van der Waals surface area contributed by atoms with Crippen molar-refractivity contribution in [1.82, 2.24) is 4.98 Å². The molecule has 1 aromatic carbocycles. The lowest BCUT2D eigenvalue weighted by atomic mass is 10.3. The van der Waals surface area contributed by atoms with E-state index in [1.165, 1.54) is 12.1 Å². The molecule has 0 aliphatic carbocycles. The number of benzene rings is 1. The minimum Gasteiger partial charge on any atom is -0.439 e. The zero-order valence-electron chi connectivity index (χ0n) is 8.86. The first-order valence-corrected chi connectivity index (χ1v) is 5.76. The molecule has 2 N–H and O–H groups in total. The van der Waals surface area contributed by atoms with Crippen LogP contribution in [0.2, 0.25) is 0 Å². The SMILES string of the molecule is NCc1cccc(Oc2cc(F)cc(Br)c2)n1. The van der Waals surface area contributed by atoms with E-state index in [1.807, 2.05) is 0 Å². The molecule has 17 heavy (non-hydrogen) atoms. The number of hydrogen-bond donors (Lipinski definition) is 1. The second-order valence-corrected chi connectivity index (χ2v) is 4.29. The van der Waals surface area contributed by atoms with Crippen molar-refractivity contribution in [2.24, 2.45) is 5.73 Å². The first-order chi connectivity index (χ1) is 8.17. The van der Waals surface area contributed by atoms with Crippen LogP contribution < -0.4 is 10.5 Å². The lowest BCUT2D eigenvalue weighted by Gasteiger charge is -2.06. The third-order valence-electron chi connectivity index (χ3n) is 2.05. The molecule has 0 aliphatic rings. The largest absolute Gasteiger partial charge is 0.439 e. The van der Waals surface area contributed by atoms with Gasteiger partial charge in [-0.15, -0.1) is 0 Å². The van der Waals surface area contributed by atoms with Gasteiger partial charge in [-0.3, -0.25) is 0 Å². The van der Waals surface area contributed by atoms with Crippen molar-refractivity contribution in [2.75, 3.05) is 0 Å². The Morgan fingerprint density at radius 3 is 2.82 bits per heavy atom. The zero-order chi connectivity index (χ0) is 12.3. The summed E-state index contributed by atoms with van der Waals surface area (Å²) in [6.45, 7) is 0.337. The average Bonchev–Trinajstić information content (AvgIpc) is 2.28. The van der Waals surface area contributed by atoms with Crippen LogP contribution in [-0.4, -0.2) is 4.98 Å². The smallest absolute Gasteiger partial charge is 0.219 e. The van der Waals surface area contributed by atoms with Crippen molar-refractivity contribution in [2.45, 2.75) is 6.54 Å². The van der Waals surface area contributed by atoms with Crippen LogP contribution in [0.3, 0.4) is 0 Å². The van der Waals surface area contributed by atoms with Gasteiger partial charge < -0.3 is 10.5 Å². The van der Waals surface area contributed by atoms with E-state index >= 15 is 0 Å². The Bertz CT molecular complexity index is 513. The van der Waals surface area contributed by atoms with Crippen molar-refractivity contribution < 1.29 is 9.13 Å². The van der Waals surface area contributed by atoms with Crippen molar-refractivity contribution in [3.63, 3.8) is 0 Å². The van der Waals surface area contributed by atoms with E-state index < -0.39 is 0 Å². The van der Waals surface area contributed by atoms with Gasteiger partial charge in [0.25, 0.3) is 0 Å². The van der Waals surface area contributed by atoms with Crippen molar-refractivity contribution in [3.05, 3.63) is 52.4 Å². The second-order valence-electron chi connectivity index (χ2n) is 3.38. The van der Waals surface area contributed by atoms with Crippen molar-refractivity contribution >= 4 is 15.9 Å². The summed E-state index contributed by atoms with van der Waals surface area (Å²) >= 11 is 3.19. The molecule has 0 saturated heterocycles. The quantitative estimate of drug-likeness (QED) is 0.946. The standard InChI is InChI=1S/C12H10BrFN2O/c13-8-4-9(14)6-11(5-8)17-12-3-1-2-10(7-15)16-12/h1-6H,7,15H2. The molecule has 0 spiro atoms. The van der Waals surface area contributed by atoms with E-state index in [0.717, 1.165) is 5.69 Å². The van der Waals surface area contributed by atoms with E-state index in [-0.39, 0.29) is 5.82 Å². The fraction of sp³-hybridized carbons (Fsp3) is 0.0833. The number of nitrogens with zero attached hydrogens (tertiary/aromatic N) is 1. The van der Waals surface area contributed by atoms with Crippen LogP contribution in [0.5, 0.6) is 11.6 Å². The summed E-state index contributed by atoms with van der Waals surface area (Å²) in [7, 11) is 0. The molecule has 0 fully saturated rings. The minimum atomic E-state index is -0.371. The summed E-state index contributed by atoms with van der Waals surface area (Å²) in [5, 5.41) is 0. The monoisotopic (exact) mass is 296 g/mol. The molecule has 0 atom stereocenters. The Morgan fingerprint density at radius 2 is 2.12 bits per heavy atom. The Hall–Kier alpha value is -1.46. The molecule has 2 aromatic rings. The summed E-state index contributed by atoms with van der Waals surface area (Å²) < 4.78 is 19.2. The summed E-state index contributed by atoms with van der Waals surface area (Å²) in [5.74, 6) is 0.411. The molecule has 5 heteroatoms. The average molecular weight is 297 g/mol. The minimum absolute atomic E-state index is 0.337. The molecule has 0 bridgehead atoms. The Labute approximate surface area is 107 Å². The maximum absolute atomic E-state index is 13.1. The number of hydrogen-bond acceptors (Lipinski definition) is 3. The molecule has 2 rings (SSSR count). The van der Waals surface area contributed by atoms with E-state index in [0.29, 0.717) is 22.6 Å². The zero-order valence-corrected chi connectivity index (χ0v) is 10.4. The van der Waals surface area contributed by atoms with E-state index in [4.69, 9.17) is 10.5 Å². The van der Waals surface area contributed by atoms with Gasteiger partial charge in [0.15, 0.2) is 0 Å². The molecular formula is C12H10BrFN2O. The van der Waals surface area contributed by atoms with Gasteiger partial charge in [-0.05, 0) is 18.2 Å². The molecule has 0 amide bonds. The third kappa shape index (κ3) is 3.25. The van der Waals surface area contributed by atoms with Gasteiger partial charge in [-0.2, -0.15) is 0 Å². The van der Waals surface area contributed by atoms with Gasteiger partial charge in [-0.1, -0.05) is 22.0 Å². The number of ether oxygens (including phenoxy) is 1. The van der Waals surface area contributed by atoms with Gasteiger partial charge in [0.2, 0.25) is 5.88 Å². The van der Waals surface area contributed by atoms with Crippen LogP contribution in [0.15, 0.2) is 40.9 Å². The van der Waals surface area contributed by atoms with Crippen LogP contribution in [0, 0.1) is 5.82 Å². The van der Waals surface area contributed by atoms with Crippen LogP contribution in [0.1, 0.15) is 5.69 Å². The lowest BCUT2D eigenvalue weighted by molar-refractivity contribution is 0.455. The maximum Gasteiger partial charge on any atom is 0.219 e. The molecule has 0 unspecified atom stereocenters. The fourth-order valence-corrected chi connectivity index (χ4v) is 1.78. The number of halogens is 2. The molecule has 0 aliphatic heterocycles. The van der Waals surface area contributed by atoms with Crippen LogP contribution in [0.4, 0.5) is 4.39 Å². The highest BCUT2D eigenvalue weighted by molar-refractivity contribution is 9.10. The van der Waals surface area contributed by atoms with Gasteiger partial charge in [0.1, 0.15) is 11.6 Å². The summed E-state index contributed by atoms with van der Waals surface area (Å²) in [4.78, 5) is 4.16.